The van der Waals surface area contributed by atoms with E-state index in [1.807, 2.05) is 0 Å². The molecule has 0 bridgehead atoms. The molecule has 0 saturated carbocycles. The van der Waals surface area contributed by atoms with E-state index in [4.69, 9.17) is 27.2 Å². The molecule has 6 nitrogen and oxygen atoms in total. The van der Waals surface area contributed by atoms with Crippen molar-refractivity contribution in [2.24, 2.45) is 0 Å². The van der Waals surface area contributed by atoms with Crippen molar-refractivity contribution in [3.63, 3.8) is 0 Å². The molecule has 0 rings (SSSR count). The second-order valence-corrected chi connectivity index (χ2v) is 35.9. The van der Waals surface area contributed by atoms with Gasteiger partial charge in [0.15, 0.2) is 25.0 Å². The molecule has 0 radical (unpaired) electrons. The summed E-state index contributed by atoms with van der Waals surface area (Å²) in [6.07, 6.45) is 3.83. The lowest BCUT2D eigenvalue weighted by molar-refractivity contribution is 0.146. The molecule has 0 aliphatic heterocycles. The summed E-state index contributed by atoms with van der Waals surface area (Å²) in [5.74, 6) is 0. The van der Waals surface area contributed by atoms with Crippen molar-refractivity contribution in [2.45, 2.75) is 109 Å². The van der Waals surface area contributed by atoms with Gasteiger partial charge in [-0.1, -0.05) is 19.6 Å². The Hall–Kier alpha value is 0.844. The average molecular weight is 599 g/mol. The summed E-state index contributed by atoms with van der Waals surface area (Å²) in [6.45, 7) is 29.3. The van der Waals surface area contributed by atoms with Gasteiger partial charge in [0.1, 0.15) is 0 Å². The average Bonchev–Trinajstić information content (AvgIpc) is 2.73. The number of methoxy groups -OCH3 is 1. The van der Waals surface area contributed by atoms with Crippen molar-refractivity contribution < 1.29 is 27.2 Å². The van der Waals surface area contributed by atoms with Gasteiger partial charge >= 0.3 is 0 Å². The largest absolute Gasteiger partial charge is 0.420 e. The lowest BCUT2D eigenvalue weighted by Gasteiger charge is -2.34. The molecule has 218 valence electrons. The van der Waals surface area contributed by atoms with E-state index in [-0.39, 0.29) is 0 Å². The van der Waals surface area contributed by atoms with E-state index in [0.717, 1.165) is 82.5 Å². The van der Waals surface area contributed by atoms with E-state index in [2.05, 4.69) is 72.4 Å². The van der Waals surface area contributed by atoms with Crippen LogP contribution in [-0.2, 0) is 27.2 Å². The zero-order chi connectivity index (χ0) is 27.9. The van der Waals surface area contributed by atoms with E-state index in [1.54, 1.807) is 7.11 Å². The van der Waals surface area contributed by atoms with Crippen LogP contribution < -0.4 is 0 Å². The number of hydrogen-bond acceptors (Lipinski definition) is 6. The van der Waals surface area contributed by atoms with Gasteiger partial charge in [0.25, 0.3) is 0 Å². The summed E-state index contributed by atoms with van der Waals surface area (Å²) >= 11 is 0. The van der Waals surface area contributed by atoms with Crippen LogP contribution in [0.25, 0.3) is 0 Å². The van der Waals surface area contributed by atoms with E-state index >= 15 is 0 Å². The number of ether oxygens (including phenoxy) is 2. The maximum absolute atomic E-state index is 6.73. The van der Waals surface area contributed by atoms with Crippen LogP contribution in [0.4, 0.5) is 0 Å². The van der Waals surface area contributed by atoms with Crippen LogP contribution in [0.15, 0.2) is 0 Å². The predicted molar refractivity (Wildman–Crippen MR) is 168 cm³/mol. The summed E-state index contributed by atoms with van der Waals surface area (Å²) in [7, 11) is -6.59. The number of hydrogen-bond donors (Lipinski definition) is 0. The molecule has 0 aliphatic rings. The fourth-order valence-electron chi connectivity index (χ4n) is 3.65. The van der Waals surface area contributed by atoms with Crippen molar-refractivity contribution in [1.82, 2.24) is 0 Å². The molecule has 0 aromatic rings. The minimum atomic E-state index is -1.97. The molecule has 0 amide bonds. The first-order chi connectivity index (χ1) is 16.4. The Kier molecular flexibility index (Phi) is 17.9. The zero-order valence-electron chi connectivity index (χ0n) is 26.1. The molecule has 2 unspecified atom stereocenters. The summed E-state index contributed by atoms with van der Waals surface area (Å²) in [6, 6.07) is 4.26. The highest BCUT2D eigenvalue weighted by molar-refractivity contribution is 6.78. The minimum Gasteiger partial charge on any atom is -0.420 e. The maximum Gasteiger partial charge on any atom is 0.213 e. The fraction of sp³-hybridized carbons (Fsp3) is 1.00. The third-order valence-electron chi connectivity index (χ3n) is 6.19. The van der Waals surface area contributed by atoms with Crippen molar-refractivity contribution in [2.75, 3.05) is 52.6 Å². The fourth-order valence-corrected chi connectivity index (χ4v) is 15.5. The molecular formula is C25H62O6Si5. The minimum absolute atomic E-state index is 0.773. The second kappa shape index (κ2) is 17.5. The van der Waals surface area contributed by atoms with Gasteiger partial charge in [-0.3, -0.25) is 0 Å². The van der Waals surface area contributed by atoms with Gasteiger partial charge in [-0.25, -0.2) is 0 Å². The van der Waals surface area contributed by atoms with Crippen LogP contribution in [0.1, 0.15) is 19.8 Å². The molecule has 0 spiro atoms. The molecule has 0 aliphatic carbocycles. The smallest absolute Gasteiger partial charge is 0.213 e. The van der Waals surface area contributed by atoms with Gasteiger partial charge in [-0.2, -0.15) is 0 Å². The first kappa shape index (κ1) is 36.8. The quantitative estimate of drug-likeness (QED) is 0.0922. The standard InChI is InChI=1S/C25H62O6Si5/c1-13-27-17-15-21-36(12,25-30-33(6,7)8)29-19-23-35(11,20-14-16-26-2)28-18-22-34(9,10)31-24-32(3,4)5/h13-25H2,1-12H3. The molecule has 11 heteroatoms. The van der Waals surface area contributed by atoms with Gasteiger partial charge in [-0.05, 0) is 89.8 Å². The molecule has 0 heterocycles. The highest BCUT2D eigenvalue weighted by Crippen LogP contribution is 2.25. The Morgan fingerprint density at radius 3 is 1.64 bits per heavy atom. The molecular weight excluding hydrogens is 537 g/mol. The summed E-state index contributed by atoms with van der Waals surface area (Å²) in [5, 5.41) is 0. The Labute approximate surface area is 230 Å². The van der Waals surface area contributed by atoms with E-state index in [1.165, 1.54) is 0 Å². The topological polar surface area (TPSA) is 55.4 Å². The Bertz CT molecular complexity index is 570. The van der Waals surface area contributed by atoms with Crippen LogP contribution in [0.2, 0.25) is 89.6 Å². The Morgan fingerprint density at radius 2 is 1.08 bits per heavy atom. The highest BCUT2D eigenvalue weighted by atomic mass is 28.4. The predicted octanol–water partition coefficient (Wildman–Crippen LogP) is 7.12. The second-order valence-electron chi connectivity index (χ2n) is 13.5. The van der Waals surface area contributed by atoms with Crippen molar-refractivity contribution >= 4 is 41.3 Å². The van der Waals surface area contributed by atoms with Crippen molar-refractivity contribution in [1.29, 1.82) is 0 Å². The van der Waals surface area contributed by atoms with E-state index in [0.29, 0.717) is 0 Å². The molecule has 36 heavy (non-hydrogen) atoms. The highest BCUT2D eigenvalue weighted by Gasteiger charge is 2.35. The monoisotopic (exact) mass is 598 g/mol. The molecule has 0 N–H and O–H groups in total. The molecule has 2 atom stereocenters. The third-order valence-corrected chi connectivity index (χ3v) is 17.8. The molecule has 0 aromatic heterocycles. The lowest BCUT2D eigenvalue weighted by Crippen LogP contribution is -2.46. The van der Waals surface area contributed by atoms with Gasteiger partial charge in [-0.15, -0.1) is 0 Å². The lowest BCUT2D eigenvalue weighted by atomic mass is 10.5. The maximum atomic E-state index is 6.73. The first-order valence-corrected chi connectivity index (χ1v) is 29.9. The summed E-state index contributed by atoms with van der Waals surface area (Å²) < 4.78 is 37.2. The summed E-state index contributed by atoms with van der Waals surface area (Å²) in [4.78, 5) is 0. The van der Waals surface area contributed by atoms with Gasteiger partial charge in [0, 0.05) is 46.4 Å². The van der Waals surface area contributed by atoms with Crippen LogP contribution in [0, 0.1) is 0 Å². The van der Waals surface area contributed by atoms with Crippen LogP contribution in [0.3, 0.4) is 0 Å². The molecule has 0 saturated heterocycles. The Balaban J connectivity index is 5.03. The van der Waals surface area contributed by atoms with Crippen LogP contribution >= 0.6 is 0 Å². The van der Waals surface area contributed by atoms with Crippen LogP contribution in [-0.4, -0.2) is 93.9 Å². The van der Waals surface area contributed by atoms with Gasteiger partial charge in [0.05, 0.1) is 14.3 Å². The number of rotatable bonds is 23. The third kappa shape index (κ3) is 20.8. The van der Waals surface area contributed by atoms with E-state index in [9.17, 15) is 0 Å². The molecule has 0 fully saturated rings. The van der Waals surface area contributed by atoms with Crippen molar-refractivity contribution in [3.8, 4) is 0 Å². The first-order valence-electron chi connectivity index (χ1n) is 14.1. The van der Waals surface area contributed by atoms with E-state index < -0.39 is 41.3 Å². The van der Waals surface area contributed by atoms with Gasteiger partial charge < -0.3 is 27.2 Å². The molecule has 0 aromatic carbocycles. The van der Waals surface area contributed by atoms with Gasteiger partial charge in [0.2, 0.25) is 8.32 Å². The van der Waals surface area contributed by atoms with Crippen molar-refractivity contribution in [3.05, 3.63) is 0 Å². The normalized spacial score (nSPS) is 16.7. The van der Waals surface area contributed by atoms with Crippen LogP contribution in [0.5, 0.6) is 0 Å². The Morgan fingerprint density at radius 1 is 0.528 bits per heavy atom. The SMILES string of the molecule is CCOCCC[Si](C)(CO[Si](C)(C)C)OCC[Si](C)(CCCOC)OCC[Si](C)(C)OC[Si](C)(C)C. The summed E-state index contributed by atoms with van der Waals surface area (Å²) in [5.41, 5.74) is 0. The zero-order valence-corrected chi connectivity index (χ0v) is 31.1.